The van der Waals surface area contributed by atoms with Gasteiger partial charge in [-0.3, -0.25) is 19.3 Å². The van der Waals surface area contributed by atoms with Gasteiger partial charge < -0.3 is 15.0 Å². The van der Waals surface area contributed by atoms with Crippen LogP contribution in [0, 0.1) is 6.92 Å². The third-order valence-electron chi connectivity index (χ3n) is 5.43. The smallest absolute Gasteiger partial charge is 0.278 e. The van der Waals surface area contributed by atoms with E-state index in [1.807, 2.05) is 36.1 Å². The van der Waals surface area contributed by atoms with E-state index >= 15 is 0 Å². The standard InChI is InChI=1S/C24H25N3O4/c1-16-3-5-18(6-4-16)15-27-23(29)21(19-7-9-20(10-8-19)25-17(2)28)22(24(27)30)26-11-13-31-14-12-26/h3-10H,11-15H2,1-2H3,(H,25,28). The van der Waals surface area contributed by atoms with E-state index in [0.717, 1.165) is 11.1 Å². The van der Waals surface area contributed by atoms with Crippen LogP contribution in [0.1, 0.15) is 23.6 Å². The Kier molecular flexibility index (Phi) is 5.86. The zero-order chi connectivity index (χ0) is 22.0. The molecule has 0 spiro atoms. The van der Waals surface area contributed by atoms with Crippen molar-refractivity contribution in [1.29, 1.82) is 0 Å². The number of hydrogen-bond donors (Lipinski definition) is 1. The summed E-state index contributed by atoms with van der Waals surface area (Å²) in [5.41, 5.74) is 4.13. The molecular weight excluding hydrogens is 394 g/mol. The van der Waals surface area contributed by atoms with E-state index in [9.17, 15) is 14.4 Å². The molecule has 4 rings (SSSR count). The van der Waals surface area contributed by atoms with E-state index in [-0.39, 0.29) is 24.3 Å². The highest BCUT2D eigenvalue weighted by atomic mass is 16.5. The van der Waals surface area contributed by atoms with E-state index in [1.165, 1.54) is 11.8 Å². The van der Waals surface area contributed by atoms with Gasteiger partial charge in [0.1, 0.15) is 5.70 Å². The van der Waals surface area contributed by atoms with E-state index < -0.39 is 0 Å². The number of aryl methyl sites for hydroxylation is 1. The minimum atomic E-state index is -0.306. The third-order valence-corrected chi connectivity index (χ3v) is 5.43. The summed E-state index contributed by atoms with van der Waals surface area (Å²) in [5, 5.41) is 2.72. The quantitative estimate of drug-likeness (QED) is 0.754. The monoisotopic (exact) mass is 419 g/mol. The molecule has 1 saturated heterocycles. The molecular formula is C24H25N3O4. The largest absolute Gasteiger partial charge is 0.378 e. The third kappa shape index (κ3) is 4.36. The molecule has 0 unspecified atom stereocenters. The van der Waals surface area contributed by atoms with Gasteiger partial charge in [-0.05, 0) is 30.2 Å². The van der Waals surface area contributed by atoms with Crippen LogP contribution in [0.3, 0.4) is 0 Å². The summed E-state index contributed by atoms with van der Waals surface area (Å²) in [5.74, 6) is -0.759. The Morgan fingerprint density at radius 2 is 1.61 bits per heavy atom. The van der Waals surface area contributed by atoms with Gasteiger partial charge in [0.25, 0.3) is 11.8 Å². The summed E-state index contributed by atoms with van der Waals surface area (Å²) in [4.78, 5) is 41.4. The van der Waals surface area contributed by atoms with E-state index in [0.29, 0.717) is 48.8 Å². The van der Waals surface area contributed by atoms with Gasteiger partial charge in [-0.2, -0.15) is 0 Å². The van der Waals surface area contributed by atoms with Gasteiger partial charge >= 0.3 is 0 Å². The Labute approximate surface area is 181 Å². The Hall–Kier alpha value is -3.45. The molecule has 0 bridgehead atoms. The number of carbonyl (C=O) groups excluding carboxylic acids is 3. The summed E-state index contributed by atoms with van der Waals surface area (Å²) in [6.45, 7) is 5.79. The topological polar surface area (TPSA) is 79.0 Å². The van der Waals surface area contributed by atoms with Gasteiger partial charge in [-0.1, -0.05) is 42.0 Å². The predicted molar refractivity (Wildman–Crippen MR) is 117 cm³/mol. The second kappa shape index (κ2) is 8.73. The van der Waals surface area contributed by atoms with Crippen LogP contribution in [0.5, 0.6) is 0 Å². The van der Waals surface area contributed by atoms with Gasteiger partial charge in [0.2, 0.25) is 5.91 Å². The zero-order valence-corrected chi connectivity index (χ0v) is 17.7. The lowest BCUT2D eigenvalue weighted by Crippen LogP contribution is -2.40. The first-order valence-corrected chi connectivity index (χ1v) is 10.3. The molecule has 2 heterocycles. The van der Waals surface area contributed by atoms with E-state index in [2.05, 4.69) is 5.32 Å². The molecule has 7 nitrogen and oxygen atoms in total. The highest BCUT2D eigenvalue weighted by Gasteiger charge is 2.41. The number of imide groups is 1. The summed E-state index contributed by atoms with van der Waals surface area (Å²) < 4.78 is 5.43. The normalized spacial score (nSPS) is 16.8. The van der Waals surface area contributed by atoms with Crippen molar-refractivity contribution in [2.24, 2.45) is 0 Å². The minimum Gasteiger partial charge on any atom is -0.378 e. The Balaban J connectivity index is 1.69. The maximum Gasteiger partial charge on any atom is 0.278 e. The van der Waals surface area contributed by atoms with Crippen molar-refractivity contribution < 1.29 is 19.1 Å². The zero-order valence-electron chi connectivity index (χ0n) is 17.7. The molecule has 0 atom stereocenters. The molecule has 2 aliphatic heterocycles. The lowest BCUT2D eigenvalue weighted by atomic mass is 10.0. The van der Waals surface area contributed by atoms with Crippen molar-refractivity contribution in [2.75, 3.05) is 31.6 Å². The van der Waals surface area contributed by atoms with Crippen molar-refractivity contribution in [1.82, 2.24) is 9.80 Å². The molecule has 1 fully saturated rings. The summed E-state index contributed by atoms with van der Waals surface area (Å²) in [6, 6.07) is 14.8. The molecule has 2 aliphatic rings. The van der Waals surface area contributed by atoms with E-state index in [1.54, 1.807) is 24.3 Å². The molecule has 160 valence electrons. The molecule has 0 saturated carbocycles. The van der Waals surface area contributed by atoms with Crippen LogP contribution >= 0.6 is 0 Å². The van der Waals surface area contributed by atoms with Crippen molar-refractivity contribution >= 4 is 29.0 Å². The highest BCUT2D eigenvalue weighted by molar-refractivity contribution is 6.35. The fraction of sp³-hybridized carbons (Fsp3) is 0.292. The molecule has 0 radical (unpaired) electrons. The van der Waals surface area contributed by atoms with Gasteiger partial charge in [-0.25, -0.2) is 0 Å². The molecule has 0 aliphatic carbocycles. The maximum absolute atomic E-state index is 13.4. The molecule has 2 aromatic carbocycles. The van der Waals surface area contributed by atoms with Crippen LogP contribution in [0.4, 0.5) is 5.69 Å². The van der Waals surface area contributed by atoms with E-state index in [4.69, 9.17) is 4.74 Å². The maximum atomic E-state index is 13.4. The number of carbonyl (C=O) groups is 3. The summed E-state index contributed by atoms with van der Waals surface area (Å²) in [6.07, 6.45) is 0. The number of ether oxygens (including phenoxy) is 1. The lowest BCUT2D eigenvalue weighted by molar-refractivity contribution is -0.138. The SMILES string of the molecule is CC(=O)Nc1ccc(C2=C(N3CCOCC3)C(=O)N(Cc3ccc(C)cc3)C2=O)cc1. The van der Waals surface area contributed by atoms with Crippen molar-refractivity contribution in [3.05, 3.63) is 70.9 Å². The van der Waals surface area contributed by atoms with Crippen LogP contribution in [0.15, 0.2) is 54.2 Å². The van der Waals surface area contributed by atoms with Gasteiger partial charge in [0.05, 0.1) is 25.3 Å². The van der Waals surface area contributed by atoms with Crippen molar-refractivity contribution in [3.8, 4) is 0 Å². The van der Waals surface area contributed by atoms with Gasteiger partial charge in [0, 0.05) is 25.7 Å². The summed E-state index contributed by atoms with van der Waals surface area (Å²) in [7, 11) is 0. The number of benzene rings is 2. The van der Waals surface area contributed by atoms with Crippen LogP contribution in [0.25, 0.3) is 5.57 Å². The van der Waals surface area contributed by atoms with Crippen molar-refractivity contribution in [3.63, 3.8) is 0 Å². The molecule has 2 aromatic rings. The Morgan fingerprint density at radius 3 is 2.23 bits per heavy atom. The molecule has 31 heavy (non-hydrogen) atoms. The Morgan fingerprint density at radius 1 is 0.968 bits per heavy atom. The fourth-order valence-corrected chi connectivity index (χ4v) is 3.85. The Bertz CT molecular complexity index is 1040. The molecule has 0 aromatic heterocycles. The first kappa shape index (κ1) is 20.8. The van der Waals surface area contributed by atoms with Crippen LogP contribution in [-0.4, -0.2) is 53.8 Å². The molecule has 1 N–H and O–H groups in total. The minimum absolute atomic E-state index is 0.169. The number of rotatable bonds is 5. The second-order valence-electron chi connectivity index (χ2n) is 7.76. The first-order chi connectivity index (χ1) is 14.9. The first-order valence-electron chi connectivity index (χ1n) is 10.3. The number of nitrogens with zero attached hydrogens (tertiary/aromatic N) is 2. The van der Waals surface area contributed by atoms with Crippen LogP contribution in [0.2, 0.25) is 0 Å². The predicted octanol–water partition coefficient (Wildman–Crippen LogP) is 2.57. The lowest BCUT2D eigenvalue weighted by Gasteiger charge is -2.29. The fourth-order valence-electron chi connectivity index (χ4n) is 3.85. The number of morpholine rings is 1. The number of anilines is 1. The highest BCUT2D eigenvalue weighted by Crippen LogP contribution is 2.33. The van der Waals surface area contributed by atoms with Crippen LogP contribution in [-0.2, 0) is 25.7 Å². The number of amides is 3. The van der Waals surface area contributed by atoms with Crippen molar-refractivity contribution in [2.45, 2.75) is 20.4 Å². The van der Waals surface area contributed by atoms with Gasteiger partial charge in [0.15, 0.2) is 0 Å². The van der Waals surface area contributed by atoms with Gasteiger partial charge in [-0.15, -0.1) is 0 Å². The number of nitrogens with one attached hydrogen (secondary N) is 1. The number of hydrogen-bond acceptors (Lipinski definition) is 5. The second-order valence-corrected chi connectivity index (χ2v) is 7.76. The molecule has 7 heteroatoms. The average Bonchev–Trinajstić information content (AvgIpc) is 3.01. The van der Waals surface area contributed by atoms with Crippen LogP contribution < -0.4 is 5.32 Å². The average molecular weight is 419 g/mol. The summed E-state index contributed by atoms with van der Waals surface area (Å²) >= 11 is 0. The molecule has 3 amide bonds.